The standard InChI is InChI=1S/C17H27N3O/c1-3-4-18-10(2)16-19-20-17(21-16)15-13-6-11-5-12(8-13)9-14(15)7-11/h10-15,18H,3-9H2,1-2H3. The minimum atomic E-state index is 0.169. The summed E-state index contributed by atoms with van der Waals surface area (Å²) in [4.78, 5) is 0. The molecule has 0 radical (unpaired) electrons. The molecule has 4 nitrogen and oxygen atoms in total. The maximum absolute atomic E-state index is 6.08. The predicted molar refractivity (Wildman–Crippen MR) is 80.8 cm³/mol. The van der Waals surface area contributed by atoms with E-state index in [1.54, 1.807) is 0 Å². The summed E-state index contributed by atoms with van der Waals surface area (Å²) in [5, 5.41) is 12.2. The molecule has 1 unspecified atom stereocenters. The Labute approximate surface area is 127 Å². The molecule has 0 spiro atoms. The third kappa shape index (κ3) is 2.41. The topological polar surface area (TPSA) is 51.0 Å². The van der Waals surface area contributed by atoms with Gasteiger partial charge >= 0.3 is 0 Å². The highest BCUT2D eigenvalue weighted by Crippen LogP contribution is 2.59. The van der Waals surface area contributed by atoms with Gasteiger partial charge in [0.15, 0.2) is 0 Å². The minimum Gasteiger partial charge on any atom is -0.423 e. The number of hydrogen-bond donors (Lipinski definition) is 1. The van der Waals surface area contributed by atoms with Crippen LogP contribution < -0.4 is 5.32 Å². The normalized spacial score (nSPS) is 38.9. The Morgan fingerprint density at radius 3 is 2.38 bits per heavy atom. The molecule has 4 aliphatic carbocycles. The van der Waals surface area contributed by atoms with Crippen molar-refractivity contribution in [3.8, 4) is 0 Å². The highest BCUT2D eigenvalue weighted by atomic mass is 16.4. The lowest BCUT2D eigenvalue weighted by atomic mass is 9.52. The molecule has 1 N–H and O–H groups in total. The summed E-state index contributed by atoms with van der Waals surface area (Å²) < 4.78 is 6.08. The van der Waals surface area contributed by atoms with Gasteiger partial charge in [0.1, 0.15) is 0 Å². The van der Waals surface area contributed by atoms with Gasteiger partial charge in [-0.1, -0.05) is 6.92 Å². The van der Waals surface area contributed by atoms with Crippen LogP contribution in [0.15, 0.2) is 4.42 Å². The van der Waals surface area contributed by atoms with Gasteiger partial charge in [0.2, 0.25) is 11.8 Å². The fourth-order valence-corrected chi connectivity index (χ4v) is 5.33. The average Bonchev–Trinajstić information content (AvgIpc) is 2.93. The van der Waals surface area contributed by atoms with E-state index in [2.05, 4.69) is 29.4 Å². The molecule has 4 aliphatic rings. The first-order chi connectivity index (χ1) is 10.2. The summed E-state index contributed by atoms with van der Waals surface area (Å²) in [5.74, 6) is 5.88. The maximum atomic E-state index is 6.08. The van der Waals surface area contributed by atoms with Gasteiger partial charge in [-0.3, -0.25) is 0 Å². The number of hydrogen-bond acceptors (Lipinski definition) is 4. The number of aromatic nitrogens is 2. The number of nitrogens with zero attached hydrogens (tertiary/aromatic N) is 2. The Morgan fingerprint density at radius 2 is 1.76 bits per heavy atom. The fourth-order valence-electron chi connectivity index (χ4n) is 5.33. The molecule has 21 heavy (non-hydrogen) atoms. The Balaban J connectivity index is 1.50. The van der Waals surface area contributed by atoms with Crippen molar-refractivity contribution >= 4 is 0 Å². The van der Waals surface area contributed by atoms with Crippen LogP contribution in [0.1, 0.15) is 76.1 Å². The Bertz CT molecular complexity index is 470. The van der Waals surface area contributed by atoms with Crippen LogP contribution in [0.3, 0.4) is 0 Å². The SMILES string of the molecule is CCCNC(C)c1nnc(C2C3CC4CC(C3)CC2C4)o1. The van der Waals surface area contributed by atoms with Crippen LogP contribution in [0, 0.1) is 23.7 Å². The molecule has 1 aromatic rings. The van der Waals surface area contributed by atoms with Crippen LogP contribution in [-0.4, -0.2) is 16.7 Å². The first kappa shape index (κ1) is 13.7. The van der Waals surface area contributed by atoms with Crippen LogP contribution in [0.25, 0.3) is 0 Å². The summed E-state index contributed by atoms with van der Waals surface area (Å²) >= 11 is 0. The van der Waals surface area contributed by atoms with E-state index in [-0.39, 0.29) is 6.04 Å². The number of nitrogens with one attached hydrogen (secondary N) is 1. The smallest absolute Gasteiger partial charge is 0.233 e. The molecule has 1 aromatic heterocycles. The highest BCUT2D eigenvalue weighted by molar-refractivity contribution is 5.09. The second-order valence-corrected chi connectivity index (χ2v) is 7.61. The Kier molecular flexibility index (Phi) is 3.52. The summed E-state index contributed by atoms with van der Waals surface area (Å²) in [6.07, 6.45) is 8.23. The molecular weight excluding hydrogens is 262 g/mol. The summed E-state index contributed by atoms with van der Waals surface area (Å²) in [6, 6.07) is 0.169. The molecule has 4 saturated carbocycles. The Morgan fingerprint density at radius 1 is 1.10 bits per heavy atom. The van der Waals surface area contributed by atoms with Crippen LogP contribution in [0.4, 0.5) is 0 Å². The van der Waals surface area contributed by atoms with Crippen LogP contribution in [0.2, 0.25) is 0 Å². The zero-order chi connectivity index (χ0) is 14.4. The molecule has 116 valence electrons. The third-order valence-electron chi connectivity index (χ3n) is 6.04. The van der Waals surface area contributed by atoms with Crippen molar-refractivity contribution < 1.29 is 4.42 Å². The molecule has 0 saturated heterocycles. The van der Waals surface area contributed by atoms with Gasteiger partial charge in [0.05, 0.1) is 6.04 Å². The van der Waals surface area contributed by atoms with Crippen LogP contribution in [0.5, 0.6) is 0 Å². The zero-order valence-electron chi connectivity index (χ0n) is 13.2. The van der Waals surface area contributed by atoms with Gasteiger partial charge in [-0.15, -0.1) is 10.2 Å². The zero-order valence-corrected chi connectivity index (χ0v) is 13.2. The molecule has 0 amide bonds. The number of rotatable bonds is 5. The lowest BCUT2D eigenvalue weighted by Crippen LogP contribution is -2.43. The lowest BCUT2D eigenvalue weighted by Gasteiger charge is -2.53. The van der Waals surface area contributed by atoms with Crippen molar-refractivity contribution in [2.45, 2.75) is 64.3 Å². The molecule has 0 aromatic carbocycles. The highest BCUT2D eigenvalue weighted by Gasteiger charge is 2.50. The van der Waals surface area contributed by atoms with Crippen LogP contribution in [-0.2, 0) is 0 Å². The van der Waals surface area contributed by atoms with E-state index in [4.69, 9.17) is 4.42 Å². The van der Waals surface area contributed by atoms with Crippen molar-refractivity contribution in [1.82, 2.24) is 15.5 Å². The molecule has 4 bridgehead atoms. The van der Waals surface area contributed by atoms with Gasteiger partial charge < -0.3 is 9.73 Å². The van der Waals surface area contributed by atoms with E-state index in [0.717, 1.165) is 48.4 Å². The predicted octanol–water partition coefficient (Wildman–Crippen LogP) is 3.67. The van der Waals surface area contributed by atoms with Crippen molar-refractivity contribution in [2.24, 2.45) is 23.7 Å². The van der Waals surface area contributed by atoms with Crippen LogP contribution >= 0.6 is 0 Å². The van der Waals surface area contributed by atoms with E-state index in [0.29, 0.717) is 5.92 Å². The first-order valence-corrected chi connectivity index (χ1v) is 8.81. The van der Waals surface area contributed by atoms with Crippen molar-refractivity contribution in [1.29, 1.82) is 0 Å². The maximum Gasteiger partial charge on any atom is 0.233 e. The van der Waals surface area contributed by atoms with Gasteiger partial charge in [0, 0.05) is 5.92 Å². The molecule has 1 heterocycles. The van der Waals surface area contributed by atoms with Crippen molar-refractivity contribution in [3.05, 3.63) is 11.8 Å². The van der Waals surface area contributed by atoms with E-state index in [1.807, 2.05) is 0 Å². The molecule has 0 aliphatic heterocycles. The molecule has 5 rings (SSSR count). The molecule has 1 atom stereocenters. The van der Waals surface area contributed by atoms with Gasteiger partial charge in [-0.2, -0.15) is 0 Å². The largest absolute Gasteiger partial charge is 0.423 e. The summed E-state index contributed by atoms with van der Waals surface area (Å²) in [5.41, 5.74) is 0. The lowest BCUT2D eigenvalue weighted by molar-refractivity contribution is -0.0119. The fraction of sp³-hybridized carbons (Fsp3) is 0.882. The summed E-state index contributed by atoms with van der Waals surface area (Å²) in [7, 11) is 0. The van der Waals surface area contributed by atoms with Crippen molar-refractivity contribution in [3.63, 3.8) is 0 Å². The molecule has 4 fully saturated rings. The Hall–Kier alpha value is -0.900. The summed E-state index contributed by atoms with van der Waals surface area (Å²) in [6.45, 7) is 5.29. The van der Waals surface area contributed by atoms with E-state index in [9.17, 15) is 0 Å². The van der Waals surface area contributed by atoms with E-state index < -0.39 is 0 Å². The van der Waals surface area contributed by atoms with E-state index in [1.165, 1.54) is 32.1 Å². The van der Waals surface area contributed by atoms with Gasteiger partial charge in [-0.25, -0.2) is 0 Å². The van der Waals surface area contributed by atoms with Crippen molar-refractivity contribution in [2.75, 3.05) is 6.54 Å². The second kappa shape index (κ2) is 5.38. The molecule has 4 heteroatoms. The van der Waals surface area contributed by atoms with E-state index >= 15 is 0 Å². The third-order valence-corrected chi connectivity index (χ3v) is 6.04. The second-order valence-electron chi connectivity index (χ2n) is 7.61. The first-order valence-electron chi connectivity index (χ1n) is 8.81. The van der Waals surface area contributed by atoms with Gasteiger partial charge in [-0.05, 0) is 75.7 Å². The quantitative estimate of drug-likeness (QED) is 0.898. The monoisotopic (exact) mass is 289 g/mol. The average molecular weight is 289 g/mol. The minimum absolute atomic E-state index is 0.169. The van der Waals surface area contributed by atoms with Gasteiger partial charge in [0.25, 0.3) is 0 Å². The molecular formula is C17H27N3O.